The lowest BCUT2D eigenvalue weighted by Crippen LogP contribution is -2.44. The van der Waals surface area contributed by atoms with Gasteiger partial charge in [0.25, 0.3) is 11.8 Å². The molecular formula is C22H26FN3O5S. The highest BCUT2D eigenvalue weighted by atomic mass is 32.2. The number of hydrogen-bond donors (Lipinski definition) is 2. The number of amides is 2. The van der Waals surface area contributed by atoms with E-state index in [-0.39, 0.29) is 12.2 Å². The van der Waals surface area contributed by atoms with E-state index in [9.17, 15) is 22.4 Å². The van der Waals surface area contributed by atoms with Crippen molar-refractivity contribution in [1.29, 1.82) is 0 Å². The molecule has 0 unspecified atom stereocenters. The molecule has 172 valence electrons. The minimum absolute atomic E-state index is 0.0995. The molecule has 0 spiro atoms. The zero-order valence-corrected chi connectivity index (χ0v) is 18.8. The summed E-state index contributed by atoms with van der Waals surface area (Å²) in [4.78, 5) is 23.8. The fraction of sp³-hybridized carbons (Fsp3) is 0.364. The van der Waals surface area contributed by atoms with Crippen LogP contribution < -0.4 is 15.6 Å². The van der Waals surface area contributed by atoms with Gasteiger partial charge in [0.1, 0.15) is 16.5 Å². The summed E-state index contributed by atoms with van der Waals surface area (Å²) in [5.74, 6) is -1.80. The lowest BCUT2D eigenvalue weighted by atomic mass is 10.1. The number of halogens is 1. The van der Waals surface area contributed by atoms with Crippen LogP contribution in [0.3, 0.4) is 0 Å². The van der Waals surface area contributed by atoms with Crippen LogP contribution in [0.25, 0.3) is 0 Å². The minimum atomic E-state index is -4.06. The van der Waals surface area contributed by atoms with Crippen LogP contribution in [-0.4, -0.2) is 44.2 Å². The Kier molecular flexibility index (Phi) is 7.47. The number of piperidine rings is 1. The minimum Gasteiger partial charge on any atom is -0.484 e. The van der Waals surface area contributed by atoms with Crippen molar-refractivity contribution in [3.05, 3.63) is 58.9 Å². The highest BCUT2D eigenvalue weighted by Crippen LogP contribution is 2.24. The predicted octanol–water partition coefficient (Wildman–Crippen LogP) is 2.46. The van der Waals surface area contributed by atoms with Gasteiger partial charge in [0.2, 0.25) is 10.0 Å². The van der Waals surface area contributed by atoms with E-state index in [0.29, 0.717) is 31.7 Å². The number of rotatable bonds is 6. The van der Waals surface area contributed by atoms with Gasteiger partial charge in [0.05, 0.1) is 0 Å². The van der Waals surface area contributed by atoms with Gasteiger partial charge in [-0.15, -0.1) is 0 Å². The van der Waals surface area contributed by atoms with Gasteiger partial charge in [-0.3, -0.25) is 20.4 Å². The van der Waals surface area contributed by atoms with Crippen LogP contribution >= 0.6 is 0 Å². The van der Waals surface area contributed by atoms with E-state index < -0.39 is 32.6 Å². The molecule has 2 N–H and O–H groups in total. The topological polar surface area (TPSA) is 105 Å². The third-order valence-electron chi connectivity index (χ3n) is 5.01. The SMILES string of the molecule is Cc1cc(C)cc(OCC(=O)NNC(=O)c2ccc(F)c(S(=O)(=O)N3CCCCC3)c2)c1. The van der Waals surface area contributed by atoms with E-state index in [4.69, 9.17) is 4.74 Å². The van der Waals surface area contributed by atoms with Crippen molar-refractivity contribution in [1.82, 2.24) is 15.2 Å². The van der Waals surface area contributed by atoms with Gasteiger partial charge in [-0.05, 0) is 68.1 Å². The molecule has 1 heterocycles. The van der Waals surface area contributed by atoms with E-state index in [1.807, 2.05) is 19.9 Å². The van der Waals surface area contributed by atoms with Crippen LogP contribution in [0.15, 0.2) is 41.3 Å². The summed E-state index contributed by atoms with van der Waals surface area (Å²) in [6, 6.07) is 8.58. The molecular weight excluding hydrogens is 437 g/mol. The fourth-order valence-electron chi connectivity index (χ4n) is 3.49. The van der Waals surface area contributed by atoms with Crippen LogP contribution in [-0.2, 0) is 14.8 Å². The Balaban J connectivity index is 1.61. The largest absolute Gasteiger partial charge is 0.484 e. The summed E-state index contributed by atoms with van der Waals surface area (Å²) in [7, 11) is -4.06. The summed E-state index contributed by atoms with van der Waals surface area (Å²) in [5, 5.41) is 0. The zero-order valence-electron chi connectivity index (χ0n) is 18.0. The number of sulfonamides is 1. The highest BCUT2D eigenvalue weighted by molar-refractivity contribution is 7.89. The average Bonchev–Trinajstić information content (AvgIpc) is 2.76. The van der Waals surface area contributed by atoms with Gasteiger partial charge in [0.15, 0.2) is 6.61 Å². The third-order valence-corrected chi connectivity index (χ3v) is 6.92. The van der Waals surface area contributed by atoms with Crippen molar-refractivity contribution in [2.75, 3.05) is 19.7 Å². The first-order valence-electron chi connectivity index (χ1n) is 10.3. The molecule has 2 amide bonds. The number of nitrogens with one attached hydrogen (secondary N) is 2. The van der Waals surface area contributed by atoms with Crippen molar-refractivity contribution in [2.24, 2.45) is 0 Å². The van der Waals surface area contributed by atoms with Crippen molar-refractivity contribution in [2.45, 2.75) is 38.0 Å². The first-order chi connectivity index (χ1) is 15.2. The van der Waals surface area contributed by atoms with Crippen molar-refractivity contribution >= 4 is 21.8 Å². The van der Waals surface area contributed by atoms with Gasteiger partial charge in [-0.1, -0.05) is 12.5 Å². The highest BCUT2D eigenvalue weighted by Gasteiger charge is 2.29. The molecule has 0 saturated carbocycles. The third kappa shape index (κ3) is 5.83. The van der Waals surface area contributed by atoms with Crippen molar-refractivity contribution < 1.29 is 27.1 Å². The van der Waals surface area contributed by atoms with E-state index in [2.05, 4.69) is 10.9 Å². The molecule has 32 heavy (non-hydrogen) atoms. The molecule has 1 aliphatic rings. The molecule has 3 rings (SSSR count). The number of aryl methyl sites for hydroxylation is 2. The number of nitrogens with zero attached hydrogens (tertiary/aromatic N) is 1. The monoisotopic (exact) mass is 463 g/mol. The first-order valence-corrected chi connectivity index (χ1v) is 11.7. The second kappa shape index (κ2) is 10.1. The second-order valence-corrected chi connectivity index (χ2v) is 9.63. The molecule has 1 fully saturated rings. The Morgan fingerprint density at radius 3 is 2.31 bits per heavy atom. The Bertz CT molecular complexity index is 1090. The summed E-state index contributed by atoms with van der Waals surface area (Å²) in [6.07, 6.45) is 2.33. The number of carbonyl (C=O) groups is 2. The number of carbonyl (C=O) groups excluding carboxylic acids is 2. The predicted molar refractivity (Wildman–Crippen MR) is 116 cm³/mol. The van der Waals surface area contributed by atoms with Gasteiger partial charge in [-0.2, -0.15) is 4.31 Å². The van der Waals surface area contributed by atoms with Gasteiger partial charge >= 0.3 is 0 Å². The Hall–Kier alpha value is -2.98. The number of hydrogen-bond acceptors (Lipinski definition) is 5. The summed E-state index contributed by atoms with van der Waals surface area (Å²) < 4.78 is 46.5. The fourth-order valence-corrected chi connectivity index (χ4v) is 5.09. The summed E-state index contributed by atoms with van der Waals surface area (Å²) in [6.45, 7) is 4.11. The van der Waals surface area contributed by atoms with Crippen LogP contribution in [0.5, 0.6) is 5.75 Å². The maximum absolute atomic E-state index is 14.3. The molecule has 0 aliphatic carbocycles. The molecule has 1 saturated heterocycles. The lowest BCUT2D eigenvalue weighted by molar-refractivity contribution is -0.123. The Morgan fingerprint density at radius 1 is 1.00 bits per heavy atom. The summed E-state index contributed by atoms with van der Waals surface area (Å²) in [5.41, 5.74) is 6.26. The van der Waals surface area contributed by atoms with Gasteiger partial charge in [-0.25, -0.2) is 12.8 Å². The zero-order chi connectivity index (χ0) is 23.3. The number of benzene rings is 2. The Labute approximate surface area is 186 Å². The van der Waals surface area contributed by atoms with Crippen molar-refractivity contribution in [3.8, 4) is 5.75 Å². The maximum Gasteiger partial charge on any atom is 0.276 e. The first kappa shape index (κ1) is 23.7. The van der Waals surface area contributed by atoms with E-state index in [0.717, 1.165) is 35.7 Å². The number of ether oxygens (including phenoxy) is 1. The van der Waals surface area contributed by atoms with E-state index >= 15 is 0 Å². The second-order valence-electron chi connectivity index (χ2n) is 7.72. The van der Waals surface area contributed by atoms with E-state index in [1.165, 1.54) is 4.31 Å². The van der Waals surface area contributed by atoms with Gasteiger partial charge in [0, 0.05) is 18.7 Å². The quantitative estimate of drug-likeness (QED) is 0.641. The van der Waals surface area contributed by atoms with Crippen LogP contribution in [0.2, 0.25) is 0 Å². The maximum atomic E-state index is 14.3. The summed E-state index contributed by atoms with van der Waals surface area (Å²) >= 11 is 0. The van der Waals surface area contributed by atoms with Crippen LogP contribution in [0.1, 0.15) is 40.7 Å². The molecule has 10 heteroatoms. The molecule has 0 atom stereocenters. The standard InChI is InChI=1S/C22H26FN3O5S/c1-15-10-16(2)12-18(11-15)31-14-21(27)24-25-22(28)17-6-7-19(23)20(13-17)32(29,30)26-8-4-3-5-9-26/h6-7,10-13H,3-5,8-9,14H2,1-2H3,(H,24,27)(H,25,28). The Morgan fingerprint density at radius 2 is 1.66 bits per heavy atom. The van der Waals surface area contributed by atoms with Crippen LogP contribution in [0.4, 0.5) is 4.39 Å². The molecule has 0 bridgehead atoms. The molecule has 8 nitrogen and oxygen atoms in total. The van der Waals surface area contributed by atoms with Gasteiger partial charge < -0.3 is 4.74 Å². The smallest absolute Gasteiger partial charge is 0.276 e. The molecule has 0 radical (unpaired) electrons. The molecule has 1 aliphatic heterocycles. The van der Waals surface area contributed by atoms with Crippen LogP contribution in [0, 0.1) is 19.7 Å². The molecule has 0 aromatic heterocycles. The molecule has 2 aromatic carbocycles. The van der Waals surface area contributed by atoms with E-state index in [1.54, 1.807) is 12.1 Å². The lowest BCUT2D eigenvalue weighted by Gasteiger charge is -2.26. The average molecular weight is 464 g/mol. The van der Waals surface area contributed by atoms with Crippen molar-refractivity contribution in [3.63, 3.8) is 0 Å². The normalized spacial score (nSPS) is 14.6. The number of hydrazine groups is 1. The molecule has 2 aromatic rings.